The summed E-state index contributed by atoms with van der Waals surface area (Å²) in [5.41, 5.74) is 0.896. The highest BCUT2D eigenvalue weighted by atomic mass is 16.2. The molecule has 0 aromatic heterocycles. The van der Waals surface area contributed by atoms with Gasteiger partial charge in [0.15, 0.2) is 0 Å². The van der Waals surface area contributed by atoms with Gasteiger partial charge in [-0.1, -0.05) is 0 Å². The first-order chi connectivity index (χ1) is 7.47. The van der Waals surface area contributed by atoms with E-state index in [0.29, 0.717) is 11.1 Å². The van der Waals surface area contributed by atoms with Crippen LogP contribution >= 0.6 is 0 Å². The fourth-order valence-corrected chi connectivity index (χ4v) is 2.43. The van der Waals surface area contributed by atoms with E-state index in [2.05, 4.69) is 5.32 Å². The van der Waals surface area contributed by atoms with E-state index in [4.69, 9.17) is 0 Å². The number of piperidine rings is 1. The standard InChI is InChI=1S/C12H18N2O2/c1-8-9(2)11(16)14(10(8)15)12(3)4-6-13-7-5-12/h13H,4-7H2,1-3H3. The third-order valence-corrected chi connectivity index (χ3v) is 3.83. The van der Waals surface area contributed by atoms with Crippen LogP contribution in [0.4, 0.5) is 0 Å². The van der Waals surface area contributed by atoms with Gasteiger partial charge in [0.2, 0.25) is 0 Å². The van der Waals surface area contributed by atoms with E-state index in [1.807, 2.05) is 6.92 Å². The molecule has 2 aliphatic rings. The van der Waals surface area contributed by atoms with Gasteiger partial charge in [0.25, 0.3) is 11.8 Å². The van der Waals surface area contributed by atoms with Gasteiger partial charge in [0.05, 0.1) is 5.54 Å². The molecule has 2 aliphatic heterocycles. The number of nitrogens with one attached hydrogen (secondary N) is 1. The summed E-state index contributed by atoms with van der Waals surface area (Å²) in [5, 5.41) is 3.25. The topological polar surface area (TPSA) is 49.4 Å². The number of hydrogen-bond acceptors (Lipinski definition) is 3. The lowest BCUT2D eigenvalue weighted by atomic mass is 9.88. The summed E-state index contributed by atoms with van der Waals surface area (Å²) in [4.78, 5) is 25.6. The minimum atomic E-state index is -0.307. The summed E-state index contributed by atoms with van der Waals surface area (Å²) < 4.78 is 0. The summed E-state index contributed by atoms with van der Waals surface area (Å²) in [6, 6.07) is 0. The molecule has 0 bridgehead atoms. The fourth-order valence-electron chi connectivity index (χ4n) is 2.43. The maximum atomic E-state index is 12.1. The lowest BCUT2D eigenvalue weighted by molar-refractivity contribution is -0.145. The lowest BCUT2D eigenvalue weighted by Gasteiger charge is -2.40. The quantitative estimate of drug-likeness (QED) is 0.669. The molecule has 0 aromatic carbocycles. The van der Waals surface area contributed by atoms with Crippen molar-refractivity contribution in [2.45, 2.75) is 39.2 Å². The third-order valence-electron chi connectivity index (χ3n) is 3.83. The Labute approximate surface area is 95.7 Å². The summed E-state index contributed by atoms with van der Waals surface area (Å²) >= 11 is 0. The molecule has 4 nitrogen and oxygen atoms in total. The Hall–Kier alpha value is -1.16. The monoisotopic (exact) mass is 222 g/mol. The van der Waals surface area contributed by atoms with E-state index < -0.39 is 0 Å². The Morgan fingerprint density at radius 1 is 1.06 bits per heavy atom. The van der Waals surface area contributed by atoms with Crippen LogP contribution in [0.5, 0.6) is 0 Å². The number of carbonyl (C=O) groups is 2. The molecule has 4 heteroatoms. The van der Waals surface area contributed by atoms with Crippen molar-refractivity contribution in [2.24, 2.45) is 0 Å². The highest BCUT2D eigenvalue weighted by Crippen LogP contribution is 2.33. The predicted molar refractivity (Wildman–Crippen MR) is 60.7 cm³/mol. The molecule has 0 aliphatic carbocycles. The zero-order chi connectivity index (χ0) is 11.9. The molecule has 0 radical (unpaired) electrons. The van der Waals surface area contributed by atoms with E-state index in [1.165, 1.54) is 4.90 Å². The molecule has 1 saturated heterocycles. The van der Waals surface area contributed by atoms with Gasteiger partial charge < -0.3 is 5.32 Å². The highest BCUT2D eigenvalue weighted by molar-refractivity contribution is 6.19. The van der Waals surface area contributed by atoms with Crippen LogP contribution in [0.3, 0.4) is 0 Å². The molecule has 0 spiro atoms. The van der Waals surface area contributed by atoms with Crippen molar-refractivity contribution < 1.29 is 9.59 Å². The second kappa shape index (κ2) is 3.70. The first kappa shape index (κ1) is 11.3. The Morgan fingerprint density at radius 3 is 1.94 bits per heavy atom. The van der Waals surface area contributed by atoms with Gasteiger partial charge >= 0.3 is 0 Å². The first-order valence-electron chi connectivity index (χ1n) is 5.74. The van der Waals surface area contributed by atoms with Crippen LogP contribution in [0, 0.1) is 0 Å². The zero-order valence-electron chi connectivity index (χ0n) is 10.1. The van der Waals surface area contributed by atoms with E-state index in [0.717, 1.165) is 25.9 Å². The predicted octanol–water partition coefficient (Wildman–Crippen LogP) is 0.834. The van der Waals surface area contributed by atoms with Gasteiger partial charge in [-0.25, -0.2) is 0 Å². The molecular formula is C12H18N2O2. The van der Waals surface area contributed by atoms with Crippen LogP contribution < -0.4 is 5.32 Å². The number of amides is 2. The number of nitrogens with zero attached hydrogens (tertiary/aromatic N) is 1. The zero-order valence-corrected chi connectivity index (χ0v) is 10.1. The van der Waals surface area contributed by atoms with Gasteiger partial charge in [-0.3, -0.25) is 14.5 Å². The molecule has 2 rings (SSSR count). The van der Waals surface area contributed by atoms with Gasteiger partial charge in [0.1, 0.15) is 0 Å². The Balaban J connectivity index is 2.30. The molecule has 1 fully saturated rings. The summed E-state index contributed by atoms with van der Waals surface area (Å²) in [7, 11) is 0. The van der Waals surface area contributed by atoms with Crippen LogP contribution in [0.25, 0.3) is 0 Å². The summed E-state index contributed by atoms with van der Waals surface area (Å²) in [5.74, 6) is -0.209. The molecule has 16 heavy (non-hydrogen) atoms. The number of carbonyl (C=O) groups excluding carboxylic acids is 2. The molecule has 0 unspecified atom stereocenters. The largest absolute Gasteiger partial charge is 0.317 e. The molecule has 1 N–H and O–H groups in total. The highest BCUT2D eigenvalue weighted by Gasteiger charge is 2.45. The summed E-state index contributed by atoms with van der Waals surface area (Å²) in [6.07, 6.45) is 1.68. The second-order valence-electron chi connectivity index (χ2n) is 4.94. The lowest BCUT2D eigenvalue weighted by Crippen LogP contribution is -2.55. The molecule has 2 heterocycles. The molecule has 0 atom stereocenters. The van der Waals surface area contributed by atoms with Gasteiger partial charge in [-0.2, -0.15) is 0 Å². The fraction of sp³-hybridized carbons (Fsp3) is 0.667. The van der Waals surface area contributed by atoms with E-state index >= 15 is 0 Å². The van der Waals surface area contributed by atoms with Crippen molar-refractivity contribution in [3.63, 3.8) is 0 Å². The molecule has 2 amide bonds. The van der Waals surface area contributed by atoms with E-state index in [-0.39, 0.29) is 17.4 Å². The van der Waals surface area contributed by atoms with Crippen LogP contribution in [0.2, 0.25) is 0 Å². The minimum absolute atomic E-state index is 0.105. The third kappa shape index (κ3) is 1.48. The van der Waals surface area contributed by atoms with Gasteiger partial charge in [0, 0.05) is 11.1 Å². The maximum absolute atomic E-state index is 12.1. The average molecular weight is 222 g/mol. The number of imide groups is 1. The van der Waals surface area contributed by atoms with Crippen LogP contribution in [0.15, 0.2) is 11.1 Å². The molecule has 88 valence electrons. The van der Waals surface area contributed by atoms with Crippen molar-refractivity contribution in [3.8, 4) is 0 Å². The van der Waals surface area contributed by atoms with Crippen LogP contribution in [-0.2, 0) is 9.59 Å². The molecular weight excluding hydrogens is 204 g/mol. The van der Waals surface area contributed by atoms with Crippen molar-refractivity contribution in [3.05, 3.63) is 11.1 Å². The van der Waals surface area contributed by atoms with Crippen molar-refractivity contribution in [2.75, 3.05) is 13.1 Å². The number of hydrogen-bond donors (Lipinski definition) is 1. The van der Waals surface area contributed by atoms with Crippen molar-refractivity contribution >= 4 is 11.8 Å². The van der Waals surface area contributed by atoms with Crippen LogP contribution in [0.1, 0.15) is 33.6 Å². The van der Waals surface area contributed by atoms with Gasteiger partial charge in [-0.05, 0) is 46.7 Å². The SMILES string of the molecule is CC1=C(C)C(=O)N(C2(C)CCNCC2)C1=O. The van der Waals surface area contributed by atoms with Gasteiger partial charge in [-0.15, -0.1) is 0 Å². The maximum Gasteiger partial charge on any atom is 0.257 e. The molecule has 0 saturated carbocycles. The second-order valence-corrected chi connectivity index (χ2v) is 4.94. The van der Waals surface area contributed by atoms with Crippen LogP contribution in [-0.4, -0.2) is 35.3 Å². The van der Waals surface area contributed by atoms with Crippen molar-refractivity contribution in [1.29, 1.82) is 0 Å². The summed E-state index contributed by atoms with van der Waals surface area (Å²) in [6.45, 7) is 7.22. The van der Waals surface area contributed by atoms with E-state index in [1.54, 1.807) is 13.8 Å². The Kier molecular flexibility index (Phi) is 2.62. The smallest absolute Gasteiger partial charge is 0.257 e. The Bertz CT molecular complexity index is 354. The average Bonchev–Trinajstić information content (AvgIpc) is 2.45. The van der Waals surface area contributed by atoms with Crippen molar-refractivity contribution in [1.82, 2.24) is 10.2 Å². The first-order valence-corrected chi connectivity index (χ1v) is 5.74. The van der Waals surface area contributed by atoms with E-state index in [9.17, 15) is 9.59 Å². The Morgan fingerprint density at radius 2 is 1.50 bits per heavy atom. The minimum Gasteiger partial charge on any atom is -0.317 e. The number of rotatable bonds is 1. The normalized spacial score (nSPS) is 25.6. The molecule has 0 aromatic rings.